The van der Waals surface area contributed by atoms with E-state index in [9.17, 15) is 18.0 Å². The first-order valence-electron chi connectivity index (χ1n) is 10.7. The Kier molecular flexibility index (Phi) is 8.31. The number of carbonyl (C=O) groups is 2. The van der Waals surface area contributed by atoms with Gasteiger partial charge in [0, 0.05) is 5.69 Å². The lowest BCUT2D eigenvalue weighted by molar-refractivity contribution is -0.114. The first-order valence-corrected chi connectivity index (χ1v) is 12.5. The second-order valence-corrected chi connectivity index (χ2v) is 9.58. The van der Waals surface area contributed by atoms with Crippen LogP contribution in [0.2, 0.25) is 5.02 Å². The number of amides is 1. The monoisotopic (exact) mass is 500 g/mol. The van der Waals surface area contributed by atoms with Crippen molar-refractivity contribution in [1.82, 2.24) is 0 Å². The summed E-state index contributed by atoms with van der Waals surface area (Å²) in [5.41, 5.74) is 1.79. The number of aryl methyl sites for hydroxylation is 1. The van der Waals surface area contributed by atoms with Crippen LogP contribution in [-0.2, 0) is 26.0 Å². The largest absolute Gasteiger partial charge is 0.462 e. The van der Waals surface area contributed by atoms with Crippen LogP contribution in [0, 0.1) is 0 Å². The Morgan fingerprint density at radius 3 is 2.26 bits per heavy atom. The molecule has 3 rings (SSSR count). The zero-order valence-corrected chi connectivity index (χ0v) is 20.4. The van der Waals surface area contributed by atoms with E-state index in [-0.39, 0.29) is 27.8 Å². The number of benzene rings is 3. The van der Waals surface area contributed by atoms with Crippen molar-refractivity contribution in [2.24, 2.45) is 0 Å². The van der Waals surface area contributed by atoms with Crippen LogP contribution in [0.1, 0.15) is 29.8 Å². The number of hydrogen-bond acceptors (Lipinski definition) is 5. The maximum absolute atomic E-state index is 13.4. The van der Waals surface area contributed by atoms with Crippen molar-refractivity contribution in [2.75, 3.05) is 22.8 Å². The number of anilines is 2. The molecule has 3 aromatic rings. The van der Waals surface area contributed by atoms with E-state index in [1.807, 2.05) is 19.1 Å². The minimum absolute atomic E-state index is 0.0680. The number of carbonyl (C=O) groups excluding carboxylic acids is 2. The number of nitrogens with zero attached hydrogens (tertiary/aromatic N) is 1. The second kappa shape index (κ2) is 11.2. The van der Waals surface area contributed by atoms with Gasteiger partial charge in [0.05, 0.1) is 27.8 Å². The molecule has 178 valence electrons. The number of esters is 1. The normalized spacial score (nSPS) is 11.0. The van der Waals surface area contributed by atoms with Gasteiger partial charge in [0.25, 0.3) is 10.0 Å². The average molecular weight is 501 g/mol. The van der Waals surface area contributed by atoms with Gasteiger partial charge in [-0.25, -0.2) is 13.2 Å². The molecule has 1 N–H and O–H groups in total. The highest BCUT2D eigenvalue weighted by atomic mass is 35.5. The van der Waals surface area contributed by atoms with Gasteiger partial charge >= 0.3 is 5.97 Å². The minimum Gasteiger partial charge on any atom is -0.462 e. The van der Waals surface area contributed by atoms with E-state index in [0.29, 0.717) is 5.69 Å². The molecule has 0 spiro atoms. The Hall–Kier alpha value is -3.36. The lowest BCUT2D eigenvalue weighted by Gasteiger charge is -2.24. The van der Waals surface area contributed by atoms with E-state index in [0.717, 1.165) is 16.3 Å². The molecule has 9 heteroatoms. The van der Waals surface area contributed by atoms with Gasteiger partial charge in [-0.05, 0) is 61.4 Å². The summed E-state index contributed by atoms with van der Waals surface area (Å²) >= 11 is 6.08. The molecule has 34 heavy (non-hydrogen) atoms. The summed E-state index contributed by atoms with van der Waals surface area (Å²) in [5.74, 6) is -1.20. The van der Waals surface area contributed by atoms with Gasteiger partial charge in [-0.15, -0.1) is 0 Å². The summed E-state index contributed by atoms with van der Waals surface area (Å²) in [6.45, 7) is 3.37. The summed E-state index contributed by atoms with van der Waals surface area (Å²) in [5, 5.41) is 2.82. The molecule has 0 radical (unpaired) electrons. The van der Waals surface area contributed by atoms with E-state index in [1.165, 1.54) is 30.3 Å². The van der Waals surface area contributed by atoms with Gasteiger partial charge in [-0.1, -0.05) is 48.9 Å². The molecule has 0 heterocycles. The second-order valence-electron chi connectivity index (χ2n) is 7.31. The van der Waals surface area contributed by atoms with Crippen molar-refractivity contribution in [1.29, 1.82) is 0 Å². The van der Waals surface area contributed by atoms with Crippen LogP contribution in [0.15, 0.2) is 77.7 Å². The number of ether oxygens (including phenoxy) is 1. The fourth-order valence-electron chi connectivity index (χ4n) is 3.23. The van der Waals surface area contributed by atoms with Crippen LogP contribution in [0.3, 0.4) is 0 Å². The Labute approximate surface area is 204 Å². The van der Waals surface area contributed by atoms with Crippen LogP contribution < -0.4 is 9.62 Å². The molecule has 0 saturated carbocycles. The average Bonchev–Trinajstić information content (AvgIpc) is 2.84. The number of nitrogens with one attached hydrogen (secondary N) is 1. The minimum atomic E-state index is -4.02. The smallest absolute Gasteiger partial charge is 0.339 e. The maximum atomic E-state index is 13.4. The van der Waals surface area contributed by atoms with Crippen molar-refractivity contribution in [2.45, 2.75) is 25.2 Å². The SMILES string of the molecule is CCOC(=O)c1cc(NC(=O)CN(c2ccc(CC)cc2)S(=O)(=O)c2ccccc2)ccc1Cl. The summed E-state index contributed by atoms with van der Waals surface area (Å²) in [7, 11) is -4.02. The molecular formula is C25H25ClN2O5S. The lowest BCUT2D eigenvalue weighted by Crippen LogP contribution is -2.38. The van der Waals surface area contributed by atoms with Crippen LogP contribution in [0.4, 0.5) is 11.4 Å². The van der Waals surface area contributed by atoms with Crippen LogP contribution in [0.25, 0.3) is 0 Å². The Balaban J connectivity index is 1.90. The standard InChI is InChI=1S/C25H25ClN2O5S/c1-3-18-10-13-20(14-11-18)28(34(31,32)21-8-6-5-7-9-21)17-24(29)27-19-12-15-23(26)22(16-19)25(30)33-4-2/h5-16H,3-4,17H2,1-2H3,(H,27,29). The molecule has 0 aliphatic heterocycles. The summed E-state index contributed by atoms with van der Waals surface area (Å²) in [6, 6.07) is 19.3. The molecule has 0 bridgehead atoms. The van der Waals surface area contributed by atoms with Gasteiger partial charge in [0.15, 0.2) is 0 Å². The highest BCUT2D eigenvalue weighted by Crippen LogP contribution is 2.25. The van der Waals surface area contributed by atoms with Gasteiger partial charge in [-0.3, -0.25) is 9.10 Å². The van der Waals surface area contributed by atoms with Crippen molar-refractivity contribution < 1.29 is 22.7 Å². The molecule has 0 fully saturated rings. The molecular weight excluding hydrogens is 476 g/mol. The summed E-state index contributed by atoms with van der Waals surface area (Å²) in [4.78, 5) is 25.1. The van der Waals surface area contributed by atoms with Gasteiger partial charge < -0.3 is 10.1 Å². The fourth-order valence-corrected chi connectivity index (χ4v) is 4.87. The van der Waals surface area contributed by atoms with Gasteiger partial charge in [0.1, 0.15) is 6.54 Å². The third kappa shape index (κ3) is 5.95. The topological polar surface area (TPSA) is 92.8 Å². The molecule has 0 unspecified atom stereocenters. The number of rotatable bonds is 9. The predicted octanol–water partition coefficient (Wildman–Crippen LogP) is 4.91. The molecule has 7 nitrogen and oxygen atoms in total. The Morgan fingerprint density at radius 2 is 1.65 bits per heavy atom. The Morgan fingerprint density at radius 1 is 0.971 bits per heavy atom. The molecule has 0 aliphatic rings. The summed E-state index contributed by atoms with van der Waals surface area (Å²) in [6.07, 6.45) is 0.797. The van der Waals surface area contributed by atoms with E-state index < -0.39 is 28.4 Å². The zero-order valence-electron chi connectivity index (χ0n) is 18.8. The van der Waals surface area contributed by atoms with Crippen molar-refractivity contribution in [3.8, 4) is 0 Å². The lowest BCUT2D eigenvalue weighted by atomic mass is 10.1. The fraction of sp³-hybridized carbons (Fsp3) is 0.200. The molecule has 0 aliphatic carbocycles. The highest BCUT2D eigenvalue weighted by molar-refractivity contribution is 7.92. The zero-order chi connectivity index (χ0) is 24.7. The molecule has 0 atom stereocenters. The molecule has 0 aromatic heterocycles. The molecule has 0 saturated heterocycles. The van der Waals surface area contributed by atoms with E-state index in [1.54, 1.807) is 37.3 Å². The first-order chi connectivity index (χ1) is 16.3. The van der Waals surface area contributed by atoms with Crippen molar-refractivity contribution in [3.63, 3.8) is 0 Å². The Bertz CT molecular complexity index is 1260. The maximum Gasteiger partial charge on any atom is 0.339 e. The van der Waals surface area contributed by atoms with Crippen LogP contribution in [0.5, 0.6) is 0 Å². The van der Waals surface area contributed by atoms with Crippen LogP contribution >= 0.6 is 11.6 Å². The number of sulfonamides is 1. The third-order valence-corrected chi connectivity index (χ3v) is 7.11. The third-order valence-electron chi connectivity index (χ3n) is 5.00. The highest BCUT2D eigenvalue weighted by Gasteiger charge is 2.27. The predicted molar refractivity (Wildman–Crippen MR) is 133 cm³/mol. The quantitative estimate of drug-likeness (QED) is 0.421. The number of halogens is 1. The van der Waals surface area contributed by atoms with Crippen molar-refractivity contribution >= 4 is 44.9 Å². The summed E-state index contributed by atoms with van der Waals surface area (Å²) < 4.78 is 32.8. The molecule has 1 amide bonds. The van der Waals surface area contributed by atoms with E-state index in [4.69, 9.17) is 16.3 Å². The van der Waals surface area contributed by atoms with Crippen LogP contribution in [-0.4, -0.2) is 33.4 Å². The van der Waals surface area contributed by atoms with Gasteiger partial charge in [-0.2, -0.15) is 0 Å². The van der Waals surface area contributed by atoms with Crippen molar-refractivity contribution in [3.05, 3.63) is 88.9 Å². The van der Waals surface area contributed by atoms with Gasteiger partial charge in [0.2, 0.25) is 5.91 Å². The van der Waals surface area contributed by atoms with E-state index >= 15 is 0 Å². The van der Waals surface area contributed by atoms with E-state index in [2.05, 4.69) is 5.32 Å². The first kappa shape index (κ1) is 25.3. The molecule has 3 aromatic carbocycles. The number of hydrogen-bond donors (Lipinski definition) is 1.